The van der Waals surface area contributed by atoms with Crippen molar-refractivity contribution < 1.29 is 14.3 Å². The highest BCUT2D eigenvalue weighted by Crippen LogP contribution is 2.18. The Kier molecular flexibility index (Phi) is 5.10. The summed E-state index contributed by atoms with van der Waals surface area (Å²) in [6.45, 7) is 1.52. The van der Waals surface area contributed by atoms with Gasteiger partial charge in [-0.25, -0.2) is 9.67 Å². The molecule has 21 heavy (non-hydrogen) atoms. The highest BCUT2D eigenvalue weighted by atomic mass is 19.1. The Labute approximate surface area is 120 Å². The van der Waals surface area contributed by atoms with Gasteiger partial charge in [-0.3, -0.25) is 4.79 Å². The summed E-state index contributed by atoms with van der Waals surface area (Å²) in [7, 11) is 0. The number of hydrogen-bond donors (Lipinski definition) is 2. The molecule has 110 valence electrons. The van der Waals surface area contributed by atoms with Crippen molar-refractivity contribution in [1.29, 1.82) is 0 Å². The van der Waals surface area contributed by atoms with E-state index in [-0.39, 0.29) is 6.47 Å². The molecule has 7 nitrogen and oxygen atoms in total. The van der Waals surface area contributed by atoms with Crippen LogP contribution in [0.4, 0.5) is 4.39 Å². The molecule has 0 aliphatic carbocycles. The van der Waals surface area contributed by atoms with Gasteiger partial charge in [0.1, 0.15) is 11.4 Å². The number of nitrogens with zero attached hydrogens (tertiary/aromatic N) is 4. The lowest BCUT2D eigenvalue weighted by Crippen LogP contribution is -2.20. The van der Waals surface area contributed by atoms with Crippen molar-refractivity contribution in [3.8, 4) is 5.69 Å². The number of pyridine rings is 1. The molecule has 0 spiro atoms. The van der Waals surface area contributed by atoms with Crippen LogP contribution in [-0.4, -0.2) is 44.6 Å². The third-order valence-electron chi connectivity index (χ3n) is 2.87. The first-order valence-electron chi connectivity index (χ1n) is 6.27. The molecule has 3 heterocycles. The number of aromatic nitrogens is 4. The van der Waals surface area contributed by atoms with E-state index in [1.54, 1.807) is 18.3 Å². The Hall–Kier alpha value is -2.61. The molecule has 8 heteroatoms. The topological polar surface area (TPSA) is 92.9 Å². The average Bonchev–Trinajstić information content (AvgIpc) is 2.99. The first-order chi connectivity index (χ1) is 10.3. The summed E-state index contributed by atoms with van der Waals surface area (Å²) in [4.78, 5) is 12.0. The fraction of sp³-hybridized carbons (Fsp3) is 0.231. The predicted molar refractivity (Wildman–Crippen MR) is 73.3 cm³/mol. The first-order valence-corrected chi connectivity index (χ1v) is 6.27. The summed E-state index contributed by atoms with van der Waals surface area (Å²) in [5.41, 5.74) is 2.25. The van der Waals surface area contributed by atoms with Crippen molar-refractivity contribution in [3.63, 3.8) is 0 Å². The number of halogens is 1. The Balaban J connectivity index is 0.000000497. The van der Waals surface area contributed by atoms with Gasteiger partial charge in [-0.2, -0.15) is 4.39 Å². The fourth-order valence-electron chi connectivity index (χ4n) is 1.93. The second-order valence-corrected chi connectivity index (χ2v) is 4.15. The molecule has 0 aromatic carbocycles. The summed E-state index contributed by atoms with van der Waals surface area (Å²) >= 11 is 0. The molecule has 1 aliphatic heterocycles. The van der Waals surface area contributed by atoms with Crippen LogP contribution in [0.25, 0.3) is 11.3 Å². The van der Waals surface area contributed by atoms with Gasteiger partial charge in [-0.1, -0.05) is 11.3 Å². The Morgan fingerprint density at radius 3 is 2.95 bits per heavy atom. The van der Waals surface area contributed by atoms with Crippen LogP contribution in [0, 0.1) is 5.95 Å². The van der Waals surface area contributed by atoms with E-state index in [0.29, 0.717) is 5.69 Å². The minimum absolute atomic E-state index is 0.250. The van der Waals surface area contributed by atoms with Crippen molar-refractivity contribution in [2.45, 2.75) is 6.42 Å². The standard InChI is InChI=1S/C12H12FN5.CH2O2/c13-12-11(2-1-5-15-12)18-8-10(16-17-18)9-3-6-14-7-4-9;2-1-3/h1-3,5,8,14H,4,6-7H2;1H,(H,2,3). The number of carboxylic acid groups (broad SMARTS) is 1. The van der Waals surface area contributed by atoms with E-state index < -0.39 is 5.95 Å². The Morgan fingerprint density at radius 2 is 2.29 bits per heavy atom. The summed E-state index contributed by atoms with van der Waals surface area (Å²) < 4.78 is 14.9. The van der Waals surface area contributed by atoms with Gasteiger partial charge in [-0.05, 0) is 30.7 Å². The SMILES string of the molecule is Fc1ncccc1-n1cc(C2=CCNCC2)nn1.O=CO. The zero-order valence-corrected chi connectivity index (χ0v) is 11.1. The maximum Gasteiger partial charge on any atom is 0.290 e. The van der Waals surface area contributed by atoms with E-state index in [2.05, 4.69) is 26.7 Å². The molecule has 2 aromatic rings. The van der Waals surface area contributed by atoms with Crippen LogP contribution >= 0.6 is 0 Å². The fourth-order valence-corrected chi connectivity index (χ4v) is 1.93. The van der Waals surface area contributed by atoms with Crippen LogP contribution in [0.2, 0.25) is 0 Å². The molecular formula is C13H14FN5O2. The van der Waals surface area contributed by atoms with E-state index >= 15 is 0 Å². The predicted octanol–water partition coefficient (Wildman–Crippen LogP) is 0.879. The van der Waals surface area contributed by atoms with Crippen molar-refractivity contribution in [2.75, 3.05) is 13.1 Å². The molecule has 2 N–H and O–H groups in total. The molecular weight excluding hydrogens is 277 g/mol. The van der Waals surface area contributed by atoms with Gasteiger partial charge in [0, 0.05) is 12.7 Å². The van der Waals surface area contributed by atoms with Gasteiger partial charge in [0.25, 0.3) is 6.47 Å². The number of carbonyl (C=O) groups is 1. The second kappa shape index (κ2) is 7.25. The third-order valence-corrected chi connectivity index (χ3v) is 2.87. The van der Waals surface area contributed by atoms with Crippen molar-refractivity contribution in [3.05, 3.63) is 42.2 Å². The highest BCUT2D eigenvalue weighted by Gasteiger charge is 2.12. The van der Waals surface area contributed by atoms with Crippen LogP contribution in [0.15, 0.2) is 30.6 Å². The molecule has 0 saturated carbocycles. The Bertz CT molecular complexity index is 641. The number of nitrogens with one attached hydrogen (secondary N) is 1. The maximum absolute atomic E-state index is 13.5. The zero-order chi connectivity index (χ0) is 15.1. The van der Waals surface area contributed by atoms with Crippen LogP contribution < -0.4 is 5.32 Å². The van der Waals surface area contributed by atoms with E-state index in [4.69, 9.17) is 9.90 Å². The summed E-state index contributed by atoms with van der Waals surface area (Å²) in [6.07, 6.45) is 6.13. The van der Waals surface area contributed by atoms with Gasteiger partial charge >= 0.3 is 0 Å². The van der Waals surface area contributed by atoms with E-state index in [1.165, 1.54) is 10.9 Å². The van der Waals surface area contributed by atoms with Gasteiger partial charge in [-0.15, -0.1) is 5.10 Å². The zero-order valence-electron chi connectivity index (χ0n) is 11.1. The molecule has 0 amide bonds. The second-order valence-electron chi connectivity index (χ2n) is 4.15. The average molecular weight is 291 g/mol. The quantitative estimate of drug-likeness (QED) is 0.630. The van der Waals surface area contributed by atoms with Crippen molar-refractivity contribution in [2.24, 2.45) is 0 Å². The summed E-state index contributed by atoms with van der Waals surface area (Å²) in [5, 5.41) is 18.1. The maximum atomic E-state index is 13.5. The normalized spacial score (nSPS) is 13.9. The first kappa shape index (κ1) is 14.8. The van der Waals surface area contributed by atoms with E-state index in [0.717, 1.165) is 30.8 Å². The monoisotopic (exact) mass is 291 g/mol. The van der Waals surface area contributed by atoms with Crippen LogP contribution in [0.5, 0.6) is 0 Å². The smallest absolute Gasteiger partial charge is 0.290 e. The molecule has 2 aromatic heterocycles. The number of rotatable bonds is 2. The molecule has 0 fully saturated rings. The van der Waals surface area contributed by atoms with Crippen LogP contribution in [0.3, 0.4) is 0 Å². The largest absolute Gasteiger partial charge is 0.483 e. The lowest BCUT2D eigenvalue weighted by atomic mass is 10.1. The summed E-state index contributed by atoms with van der Waals surface area (Å²) in [5.74, 6) is -0.548. The van der Waals surface area contributed by atoms with E-state index in [1.807, 2.05) is 0 Å². The van der Waals surface area contributed by atoms with Gasteiger partial charge in [0.15, 0.2) is 0 Å². The minimum Gasteiger partial charge on any atom is -0.483 e. The lowest BCUT2D eigenvalue weighted by Gasteiger charge is -2.10. The number of hydrogen-bond acceptors (Lipinski definition) is 5. The molecule has 0 saturated heterocycles. The highest BCUT2D eigenvalue weighted by molar-refractivity contribution is 5.63. The lowest BCUT2D eigenvalue weighted by molar-refractivity contribution is -0.122. The third kappa shape index (κ3) is 3.69. The van der Waals surface area contributed by atoms with Gasteiger partial charge in [0.05, 0.1) is 6.20 Å². The van der Waals surface area contributed by atoms with Crippen LogP contribution in [-0.2, 0) is 4.79 Å². The van der Waals surface area contributed by atoms with Crippen LogP contribution in [0.1, 0.15) is 12.1 Å². The van der Waals surface area contributed by atoms with Crippen molar-refractivity contribution in [1.82, 2.24) is 25.3 Å². The molecule has 0 radical (unpaired) electrons. The van der Waals surface area contributed by atoms with Gasteiger partial charge < -0.3 is 10.4 Å². The minimum atomic E-state index is -0.548. The van der Waals surface area contributed by atoms with Gasteiger partial charge in [0.2, 0.25) is 5.95 Å². The molecule has 1 aliphatic rings. The molecule has 0 atom stereocenters. The molecule has 0 unspecified atom stereocenters. The molecule has 3 rings (SSSR count). The van der Waals surface area contributed by atoms with E-state index in [9.17, 15) is 4.39 Å². The van der Waals surface area contributed by atoms with Crippen molar-refractivity contribution >= 4 is 12.0 Å². The summed E-state index contributed by atoms with van der Waals surface area (Å²) in [6, 6.07) is 3.29. The Morgan fingerprint density at radius 1 is 1.48 bits per heavy atom. The molecule has 0 bridgehead atoms.